The van der Waals surface area contributed by atoms with Gasteiger partial charge in [-0.25, -0.2) is 9.97 Å². The van der Waals surface area contributed by atoms with Crippen molar-refractivity contribution >= 4 is 16.9 Å². The number of hydrogen-bond donors (Lipinski definition) is 1. The van der Waals surface area contributed by atoms with E-state index in [0.717, 1.165) is 0 Å². The summed E-state index contributed by atoms with van der Waals surface area (Å²) in [5, 5.41) is 9.74. The molecule has 88 valence electrons. The minimum atomic E-state index is -0.909. The van der Waals surface area contributed by atoms with Crippen LogP contribution in [0.15, 0.2) is 24.5 Å². The molecule has 0 saturated carbocycles. The average Bonchev–Trinajstić information content (AvgIpc) is 2.36. The summed E-state index contributed by atoms with van der Waals surface area (Å²) in [5.41, 5.74) is 1.21. The highest BCUT2D eigenvalue weighted by atomic mass is 16.5. The molecule has 0 bridgehead atoms. The van der Waals surface area contributed by atoms with E-state index >= 15 is 0 Å². The van der Waals surface area contributed by atoms with Gasteiger partial charge in [0.15, 0.2) is 0 Å². The molecule has 0 aliphatic heterocycles. The van der Waals surface area contributed by atoms with E-state index in [0.29, 0.717) is 22.3 Å². The van der Waals surface area contributed by atoms with Gasteiger partial charge >= 0.3 is 5.97 Å². The van der Waals surface area contributed by atoms with Crippen molar-refractivity contribution in [2.24, 2.45) is 0 Å². The highest BCUT2D eigenvalue weighted by Crippen LogP contribution is 2.25. The molecule has 0 saturated heterocycles. The molecule has 0 radical (unpaired) electrons. The Morgan fingerprint density at radius 3 is 2.82 bits per heavy atom. The average molecular weight is 232 g/mol. The molecule has 5 nitrogen and oxygen atoms in total. The Balaban J connectivity index is 2.66. The molecular formula is C12H12N2O3. The smallest absolute Gasteiger partial charge is 0.312 e. The first-order valence-corrected chi connectivity index (χ1v) is 5.15. The van der Waals surface area contributed by atoms with Gasteiger partial charge in [-0.05, 0) is 25.1 Å². The summed E-state index contributed by atoms with van der Waals surface area (Å²) >= 11 is 0. The Hall–Kier alpha value is -2.17. The molecule has 2 aromatic rings. The largest absolute Gasteiger partial charge is 0.497 e. The first-order chi connectivity index (χ1) is 8.13. The van der Waals surface area contributed by atoms with Gasteiger partial charge in [-0.2, -0.15) is 0 Å². The monoisotopic (exact) mass is 232 g/mol. The standard InChI is InChI=1S/C12H12N2O3/c1-7(12(15)16)11-9-5-8(17-2)3-4-10(9)13-6-14-11/h3-7H,1-2H3,(H,15,16). The van der Waals surface area contributed by atoms with Gasteiger partial charge in [0.1, 0.15) is 12.1 Å². The SMILES string of the molecule is COc1ccc2ncnc(C(C)C(=O)O)c2c1. The van der Waals surface area contributed by atoms with Gasteiger partial charge in [0.25, 0.3) is 0 Å². The second kappa shape index (κ2) is 4.37. The van der Waals surface area contributed by atoms with Crippen molar-refractivity contribution in [2.45, 2.75) is 12.8 Å². The first kappa shape index (κ1) is 11.3. The van der Waals surface area contributed by atoms with Gasteiger partial charge in [0.2, 0.25) is 0 Å². The number of carboxylic acid groups (broad SMARTS) is 1. The third kappa shape index (κ3) is 2.04. The van der Waals surface area contributed by atoms with Gasteiger partial charge in [0, 0.05) is 5.39 Å². The van der Waals surface area contributed by atoms with Crippen LogP contribution in [0.2, 0.25) is 0 Å². The van der Waals surface area contributed by atoms with E-state index < -0.39 is 11.9 Å². The van der Waals surface area contributed by atoms with Crippen LogP contribution in [0, 0.1) is 0 Å². The minimum absolute atomic E-state index is 0.501. The first-order valence-electron chi connectivity index (χ1n) is 5.15. The lowest BCUT2D eigenvalue weighted by Crippen LogP contribution is -2.10. The van der Waals surface area contributed by atoms with Crippen LogP contribution in [-0.4, -0.2) is 28.2 Å². The Morgan fingerprint density at radius 2 is 2.18 bits per heavy atom. The number of fused-ring (bicyclic) bond motifs is 1. The van der Waals surface area contributed by atoms with Gasteiger partial charge in [-0.15, -0.1) is 0 Å². The predicted octanol–water partition coefficient (Wildman–Crippen LogP) is 1.83. The van der Waals surface area contributed by atoms with Crippen LogP contribution in [0.5, 0.6) is 5.75 Å². The lowest BCUT2D eigenvalue weighted by molar-refractivity contribution is -0.138. The highest BCUT2D eigenvalue weighted by Gasteiger charge is 2.18. The second-order valence-corrected chi connectivity index (χ2v) is 3.70. The number of ether oxygens (including phenoxy) is 1. The molecule has 0 spiro atoms. The van der Waals surface area contributed by atoms with E-state index in [1.54, 1.807) is 32.2 Å². The Morgan fingerprint density at radius 1 is 1.41 bits per heavy atom. The third-order valence-corrected chi connectivity index (χ3v) is 2.65. The van der Waals surface area contributed by atoms with Crippen LogP contribution < -0.4 is 4.74 Å². The van der Waals surface area contributed by atoms with E-state index in [1.165, 1.54) is 6.33 Å². The second-order valence-electron chi connectivity index (χ2n) is 3.70. The van der Waals surface area contributed by atoms with E-state index in [-0.39, 0.29) is 0 Å². The summed E-state index contributed by atoms with van der Waals surface area (Å²) in [6.07, 6.45) is 1.38. The van der Waals surface area contributed by atoms with Crippen molar-refractivity contribution in [3.63, 3.8) is 0 Å². The fourth-order valence-electron chi connectivity index (χ4n) is 1.64. The zero-order valence-corrected chi connectivity index (χ0v) is 9.54. The Labute approximate surface area is 98.1 Å². The van der Waals surface area contributed by atoms with Crippen LogP contribution in [0.1, 0.15) is 18.5 Å². The maximum Gasteiger partial charge on any atom is 0.312 e. The molecule has 1 aromatic carbocycles. The number of hydrogen-bond acceptors (Lipinski definition) is 4. The normalized spacial score (nSPS) is 12.4. The zero-order valence-electron chi connectivity index (χ0n) is 9.54. The number of aliphatic carboxylic acids is 1. The molecule has 0 amide bonds. The number of carboxylic acids is 1. The van der Waals surface area contributed by atoms with Crippen molar-refractivity contribution in [3.8, 4) is 5.75 Å². The summed E-state index contributed by atoms with van der Waals surface area (Å²) in [4.78, 5) is 19.2. The lowest BCUT2D eigenvalue weighted by Gasteiger charge is -2.09. The topological polar surface area (TPSA) is 72.3 Å². The van der Waals surface area contributed by atoms with Gasteiger partial charge in [0.05, 0.1) is 24.2 Å². The number of aromatic nitrogens is 2. The quantitative estimate of drug-likeness (QED) is 0.873. The van der Waals surface area contributed by atoms with Gasteiger partial charge in [-0.1, -0.05) is 0 Å². The molecule has 17 heavy (non-hydrogen) atoms. The van der Waals surface area contributed by atoms with Crippen LogP contribution in [0.4, 0.5) is 0 Å². The zero-order chi connectivity index (χ0) is 12.4. The number of rotatable bonds is 3. The van der Waals surface area contributed by atoms with E-state index in [9.17, 15) is 4.79 Å². The molecule has 1 N–H and O–H groups in total. The lowest BCUT2D eigenvalue weighted by atomic mass is 10.0. The van der Waals surface area contributed by atoms with Crippen LogP contribution in [0.25, 0.3) is 10.9 Å². The molecular weight excluding hydrogens is 220 g/mol. The van der Waals surface area contributed by atoms with Crippen molar-refractivity contribution in [2.75, 3.05) is 7.11 Å². The van der Waals surface area contributed by atoms with Crippen molar-refractivity contribution in [1.29, 1.82) is 0 Å². The molecule has 5 heteroatoms. The van der Waals surface area contributed by atoms with E-state index in [1.807, 2.05) is 0 Å². The number of carbonyl (C=O) groups is 1. The van der Waals surface area contributed by atoms with Crippen molar-refractivity contribution in [1.82, 2.24) is 9.97 Å². The molecule has 2 rings (SSSR count). The van der Waals surface area contributed by atoms with Gasteiger partial charge < -0.3 is 9.84 Å². The molecule has 1 heterocycles. The Kier molecular flexibility index (Phi) is 2.91. The van der Waals surface area contributed by atoms with E-state index in [4.69, 9.17) is 9.84 Å². The molecule has 0 aliphatic rings. The fraction of sp³-hybridized carbons (Fsp3) is 0.250. The number of benzene rings is 1. The molecule has 0 fully saturated rings. The number of methoxy groups -OCH3 is 1. The highest BCUT2D eigenvalue weighted by molar-refractivity contribution is 5.87. The Bertz CT molecular complexity index is 569. The summed E-state index contributed by atoms with van der Waals surface area (Å²) in [6, 6.07) is 5.32. The van der Waals surface area contributed by atoms with Gasteiger partial charge in [-0.3, -0.25) is 4.79 Å². The van der Waals surface area contributed by atoms with Crippen LogP contribution >= 0.6 is 0 Å². The summed E-state index contributed by atoms with van der Waals surface area (Å²) in [5.74, 6) is -0.924. The summed E-state index contributed by atoms with van der Waals surface area (Å²) in [7, 11) is 1.56. The predicted molar refractivity (Wildman–Crippen MR) is 62.1 cm³/mol. The molecule has 1 unspecified atom stereocenters. The maximum atomic E-state index is 11.0. The van der Waals surface area contributed by atoms with Crippen LogP contribution in [0.3, 0.4) is 0 Å². The molecule has 1 aromatic heterocycles. The maximum absolute atomic E-state index is 11.0. The van der Waals surface area contributed by atoms with Crippen molar-refractivity contribution < 1.29 is 14.6 Å². The summed E-state index contributed by atoms with van der Waals surface area (Å²) < 4.78 is 5.11. The fourth-order valence-corrected chi connectivity index (χ4v) is 1.64. The molecule has 1 atom stereocenters. The van der Waals surface area contributed by atoms with Crippen LogP contribution in [-0.2, 0) is 4.79 Å². The number of nitrogens with zero attached hydrogens (tertiary/aromatic N) is 2. The molecule has 0 aliphatic carbocycles. The third-order valence-electron chi connectivity index (χ3n) is 2.65. The minimum Gasteiger partial charge on any atom is -0.497 e. The van der Waals surface area contributed by atoms with E-state index in [2.05, 4.69) is 9.97 Å². The van der Waals surface area contributed by atoms with Crippen molar-refractivity contribution in [3.05, 3.63) is 30.2 Å². The summed E-state index contributed by atoms with van der Waals surface area (Å²) in [6.45, 7) is 1.60.